The number of hydrazone groups is 1. The van der Waals surface area contributed by atoms with Gasteiger partial charge >= 0.3 is 0 Å². The summed E-state index contributed by atoms with van der Waals surface area (Å²) in [5.41, 5.74) is 5.04. The second kappa shape index (κ2) is 10.5. The van der Waals surface area contributed by atoms with Crippen molar-refractivity contribution in [3.63, 3.8) is 0 Å². The van der Waals surface area contributed by atoms with Crippen LogP contribution >= 0.6 is 15.9 Å². The summed E-state index contributed by atoms with van der Waals surface area (Å²) in [6.07, 6.45) is 1.43. The van der Waals surface area contributed by atoms with Crippen molar-refractivity contribution >= 4 is 39.6 Å². The molecule has 3 aromatic rings. The first-order valence-corrected chi connectivity index (χ1v) is 10.1. The number of hydrogen-bond donors (Lipinski definition) is 2. The number of ether oxygens (including phenoxy) is 1. The number of anilines is 1. The first-order valence-electron chi connectivity index (χ1n) is 9.28. The zero-order valence-corrected chi connectivity index (χ0v) is 18.1. The van der Waals surface area contributed by atoms with Gasteiger partial charge in [0.1, 0.15) is 11.6 Å². The third kappa shape index (κ3) is 6.75. The van der Waals surface area contributed by atoms with Crippen molar-refractivity contribution in [2.45, 2.75) is 6.92 Å². The van der Waals surface area contributed by atoms with Crippen LogP contribution in [0.5, 0.6) is 5.75 Å². The van der Waals surface area contributed by atoms with Gasteiger partial charge in [0.15, 0.2) is 6.61 Å². The third-order valence-electron chi connectivity index (χ3n) is 4.14. The summed E-state index contributed by atoms with van der Waals surface area (Å²) in [4.78, 5) is 24.3. The molecule has 0 aliphatic rings. The molecule has 0 heterocycles. The SMILES string of the molecule is Cc1ccc(C(=O)N/N=C/c2cc(Br)ccc2OCC(=O)Nc2ccc(F)cc2)cc1. The zero-order chi connectivity index (χ0) is 22.2. The van der Waals surface area contributed by atoms with Crippen LogP contribution in [0.3, 0.4) is 0 Å². The van der Waals surface area contributed by atoms with Gasteiger partial charge in [-0.3, -0.25) is 9.59 Å². The average Bonchev–Trinajstić information content (AvgIpc) is 2.75. The van der Waals surface area contributed by atoms with Gasteiger partial charge in [0.2, 0.25) is 0 Å². The normalized spacial score (nSPS) is 10.7. The lowest BCUT2D eigenvalue weighted by molar-refractivity contribution is -0.118. The second-order valence-electron chi connectivity index (χ2n) is 6.59. The van der Waals surface area contributed by atoms with Crippen LogP contribution in [-0.4, -0.2) is 24.6 Å². The molecule has 2 N–H and O–H groups in total. The van der Waals surface area contributed by atoms with E-state index < -0.39 is 5.91 Å². The Bertz CT molecular complexity index is 1100. The maximum absolute atomic E-state index is 13.0. The highest BCUT2D eigenvalue weighted by Gasteiger charge is 2.08. The molecule has 0 saturated carbocycles. The fourth-order valence-corrected chi connectivity index (χ4v) is 2.93. The first kappa shape index (κ1) is 22.2. The Hall–Kier alpha value is -3.52. The number of benzene rings is 3. The summed E-state index contributed by atoms with van der Waals surface area (Å²) in [6.45, 7) is 1.68. The average molecular weight is 484 g/mol. The molecule has 8 heteroatoms. The van der Waals surface area contributed by atoms with Gasteiger partial charge in [0.05, 0.1) is 6.21 Å². The first-order chi connectivity index (χ1) is 14.9. The molecule has 0 aliphatic heterocycles. The van der Waals surface area contributed by atoms with Crippen molar-refractivity contribution < 1.29 is 18.7 Å². The van der Waals surface area contributed by atoms with E-state index in [0.29, 0.717) is 22.6 Å². The number of aryl methyl sites for hydroxylation is 1. The van der Waals surface area contributed by atoms with E-state index in [9.17, 15) is 14.0 Å². The van der Waals surface area contributed by atoms with E-state index in [1.54, 1.807) is 30.3 Å². The molecule has 0 radical (unpaired) electrons. The maximum atomic E-state index is 13.0. The highest BCUT2D eigenvalue weighted by Crippen LogP contribution is 2.22. The van der Waals surface area contributed by atoms with Crippen molar-refractivity contribution in [3.8, 4) is 5.75 Å². The monoisotopic (exact) mass is 483 g/mol. The molecule has 3 rings (SSSR count). The van der Waals surface area contributed by atoms with Crippen molar-refractivity contribution in [1.82, 2.24) is 5.43 Å². The number of halogens is 2. The molecule has 0 saturated heterocycles. The zero-order valence-electron chi connectivity index (χ0n) is 16.6. The predicted octanol–water partition coefficient (Wildman–Crippen LogP) is 4.68. The van der Waals surface area contributed by atoms with E-state index in [1.165, 1.54) is 30.5 Å². The summed E-state index contributed by atoms with van der Waals surface area (Å²) in [5, 5.41) is 6.60. The fourth-order valence-electron chi connectivity index (χ4n) is 2.56. The minimum absolute atomic E-state index is 0.254. The van der Waals surface area contributed by atoms with Crippen molar-refractivity contribution in [3.05, 3.63) is 93.7 Å². The quantitative estimate of drug-likeness (QED) is 0.378. The van der Waals surface area contributed by atoms with E-state index in [2.05, 4.69) is 31.8 Å². The van der Waals surface area contributed by atoms with Crippen LogP contribution in [0.2, 0.25) is 0 Å². The molecule has 0 bridgehead atoms. The number of carbonyl (C=O) groups excluding carboxylic acids is 2. The number of nitrogens with zero attached hydrogens (tertiary/aromatic N) is 1. The Labute approximate surface area is 187 Å². The van der Waals surface area contributed by atoms with E-state index in [1.807, 2.05) is 19.1 Å². The number of hydrogen-bond acceptors (Lipinski definition) is 4. The minimum atomic E-state index is -0.398. The molecular formula is C23H19BrFN3O3. The van der Waals surface area contributed by atoms with Gasteiger partial charge in [0.25, 0.3) is 11.8 Å². The van der Waals surface area contributed by atoms with Crippen LogP contribution in [0.4, 0.5) is 10.1 Å². The molecule has 3 aromatic carbocycles. The lowest BCUT2D eigenvalue weighted by Gasteiger charge is -2.10. The van der Waals surface area contributed by atoms with E-state index >= 15 is 0 Å². The number of nitrogens with one attached hydrogen (secondary N) is 2. The Morgan fingerprint density at radius 1 is 1.06 bits per heavy atom. The largest absolute Gasteiger partial charge is 0.483 e. The van der Waals surface area contributed by atoms with Crippen molar-refractivity contribution in [2.24, 2.45) is 5.10 Å². The molecule has 0 aliphatic carbocycles. The lowest BCUT2D eigenvalue weighted by atomic mass is 10.1. The van der Waals surface area contributed by atoms with Gasteiger partial charge in [0, 0.05) is 21.3 Å². The van der Waals surface area contributed by atoms with Crippen molar-refractivity contribution in [1.29, 1.82) is 0 Å². The Morgan fingerprint density at radius 3 is 2.48 bits per heavy atom. The smallest absolute Gasteiger partial charge is 0.271 e. The molecule has 0 aromatic heterocycles. The molecule has 6 nitrogen and oxygen atoms in total. The number of amides is 2. The summed E-state index contributed by atoms with van der Waals surface area (Å²) < 4.78 is 19.3. The molecule has 31 heavy (non-hydrogen) atoms. The van der Waals surface area contributed by atoms with Gasteiger partial charge in [-0.25, -0.2) is 9.82 Å². The van der Waals surface area contributed by atoms with Crippen LogP contribution in [0.1, 0.15) is 21.5 Å². The van der Waals surface area contributed by atoms with Crippen LogP contribution in [-0.2, 0) is 4.79 Å². The molecule has 0 spiro atoms. The summed E-state index contributed by atoms with van der Waals surface area (Å²) in [5.74, 6) is -0.717. The second-order valence-corrected chi connectivity index (χ2v) is 7.51. The van der Waals surface area contributed by atoms with Gasteiger partial charge in [-0.05, 0) is 61.5 Å². The molecule has 158 valence electrons. The molecule has 0 unspecified atom stereocenters. The number of carbonyl (C=O) groups is 2. The van der Waals surface area contributed by atoms with Crippen LogP contribution < -0.4 is 15.5 Å². The summed E-state index contributed by atoms with van der Waals surface area (Å²) in [6, 6.07) is 17.7. The van der Waals surface area contributed by atoms with E-state index in [-0.39, 0.29) is 18.3 Å². The van der Waals surface area contributed by atoms with Gasteiger partial charge in [-0.2, -0.15) is 5.10 Å². The highest BCUT2D eigenvalue weighted by atomic mass is 79.9. The minimum Gasteiger partial charge on any atom is -0.483 e. The Balaban J connectivity index is 1.61. The summed E-state index contributed by atoms with van der Waals surface area (Å²) in [7, 11) is 0. The molecule has 2 amide bonds. The van der Waals surface area contributed by atoms with Crippen LogP contribution in [0.15, 0.2) is 76.3 Å². The highest BCUT2D eigenvalue weighted by molar-refractivity contribution is 9.10. The molecule has 0 atom stereocenters. The Morgan fingerprint density at radius 2 is 1.77 bits per heavy atom. The van der Waals surface area contributed by atoms with E-state index in [4.69, 9.17) is 4.74 Å². The van der Waals surface area contributed by atoms with E-state index in [0.717, 1.165) is 10.0 Å². The lowest BCUT2D eigenvalue weighted by Crippen LogP contribution is -2.20. The van der Waals surface area contributed by atoms with Crippen LogP contribution in [0, 0.1) is 12.7 Å². The Kier molecular flexibility index (Phi) is 7.50. The van der Waals surface area contributed by atoms with Gasteiger partial charge < -0.3 is 10.1 Å². The van der Waals surface area contributed by atoms with Gasteiger partial charge in [-0.15, -0.1) is 0 Å². The van der Waals surface area contributed by atoms with Gasteiger partial charge in [-0.1, -0.05) is 33.6 Å². The molecule has 0 fully saturated rings. The number of rotatable bonds is 7. The topological polar surface area (TPSA) is 79.8 Å². The predicted molar refractivity (Wildman–Crippen MR) is 121 cm³/mol. The maximum Gasteiger partial charge on any atom is 0.271 e. The molecular weight excluding hydrogens is 465 g/mol. The van der Waals surface area contributed by atoms with Crippen LogP contribution in [0.25, 0.3) is 0 Å². The van der Waals surface area contributed by atoms with Crippen molar-refractivity contribution in [2.75, 3.05) is 11.9 Å². The third-order valence-corrected chi connectivity index (χ3v) is 4.64. The standard InChI is InChI=1S/C23H19BrFN3O3/c1-15-2-4-16(5-3-15)23(30)28-26-13-17-12-18(24)6-11-21(17)31-14-22(29)27-20-9-7-19(25)8-10-20/h2-13H,14H2,1H3,(H,27,29)(H,28,30)/b26-13+. The fraction of sp³-hybridized carbons (Fsp3) is 0.0870. The summed E-state index contributed by atoms with van der Waals surface area (Å²) >= 11 is 3.38.